The summed E-state index contributed by atoms with van der Waals surface area (Å²) in [7, 11) is 0. The summed E-state index contributed by atoms with van der Waals surface area (Å²) in [5.41, 5.74) is 8.58. The Kier molecular flexibility index (Phi) is 4.40. The van der Waals surface area contributed by atoms with E-state index in [9.17, 15) is 4.39 Å². The topological polar surface area (TPSA) is 35.2 Å². The van der Waals surface area contributed by atoms with Crippen molar-refractivity contribution in [2.75, 3.05) is 0 Å². The van der Waals surface area contributed by atoms with Crippen molar-refractivity contribution in [3.63, 3.8) is 0 Å². The first-order valence-electron chi connectivity index (χ1n) is 6.75. The van der Waals surface area contributed by atoms with Crippen molar-refractivity contribution in [2.45, 2.75) is 33.2 Å². The number of nitrogens with two attached hydrogens (primary N) is 1. The maximum Gasteiger partial charge on any atom is 0.130 e. The molecule has 0 bridgehead atoms. The first-order chi connectivity index (χ1) is 9.45. The monoisotopic (exact) mass is 273 g/mol. The number of benzene rings is 2. The van der Waals surface area contributed by atoms with Crippen LogP contribution in [0.25, 0.3) is 0 Å². The lowest BCUT2D eigenvalue weighted by Crippen LogP contribution is -2.17. The Morgan fingerprint density at radius 3 is 2.50 bits per heavy atom. The van der Waals surface area contributed by atoms with Gasteiger partial charge in [0.05, 0.1) is 0 Å². The molecule has 2 aromatic carbocycles. The Hall–Kier alpha value is -1.87. The molecule has 1 atom stereocenters. The molecule has 2 rings (SSSR count). The molecule has 2 nitrogen and oxygen atoms in total. The lowest BCUT2D eigenvalue weighted by Gasteiger charge is -2.12. The van der Waals surface area contributed by atoms with Crippen molar-refractivity contribution in [2.24, 2.45) is 5.73 Å². The molecule has 0 saturated carbocycles. The van der Waals surface area contributed by atoms with Gasteiger partial charge in [0.1, 0.15) is 17.3 Å². The molecule has 0 aliphatic heterocycles. The SMILES string of the molecule is Cc1cc(Oc2cc(CC(C)N)ccc2C)ccc1F. The van der Waals surface area contributed by atoms with Crippen molar-refractivity contribution < 1.29 is 9.13 Å². The highest BCUT2D eigenvalue weighted by Crippen LogP contribution is 2.27. The minimum Gasteiger partial charge on any atom is -0.457 e. The van der Waals surface area contributed by atoms with E-state index in [4.69, 9.17) is 10.5 Å². The van der Waals surface area contributed by atoms with E-state index < -0.39 is 0 Å². The zero-order chi connectivity index (χ0) is 14.7. The van der Waals surface area contributed by atoms with Crippen molar-refractivity contribution in [1.82, 2.24) is 0 Å². The molecule has 0 aromatic heterocycles. The molecule has 0 amide bonds. The third kappa shape index (κ3) is 3.58. The molecule has 0 aliphatic rings. The van der Waals surface area contributed by atoms with Gasteiger partial charge < -0.3 is 10.5 Å². The van der Waals surface area contributed by atoms with E-state index in [1.54, 1.807) is 19.1 Å². The summed E-state index contributed by atoms with van der Waals surface area (Å²) >= 11 is 0. The number of hydrogen-bond donors (Lipinski definition) is 1. The van der Waals surface area contributed by atoms with Gasteiger partial charge >= 0.3 is 0 Å². The van der Waals surface area contributed by atoms with Crippen molar-refractivity contribution in [3.8, 4) is 11.5 Å². The van der Waals surface area contributed by atoms with Gasteiger partial charge in [-0.1, -0.05) is 12.1 Å². The fraction of sp³-hybridized carbons (Fsp3) is 0.294. The van der Waals surface area contributed by atoms with Crippen molar-refractivity contribution in [1.29, 1.82) is 0 Å². The smallest absolute Gasteiger partial charge is 0.130 e. The van der Waals surface area contributed by atoms with E-state index in [1.165, 1.54) is 6.07 Å². The summed E-state index contributed by atoms with van der Waals surface area (Å²) in [4.78, 5) is 0. The fourth-order valence-electron chi connectivity index (χ4n) is 2.06. The lowest BCUT2D eigenvalue weighted by atomic mass is 10.1. The van der Waals surface area contributed by atoms with Crippen molar-refractivity contribution in [3.05, 3.63) is 58.9 Å². The molecule has 0 radical (unpaired) electrons. The van der Waals surface area contributed by atoms with Crippen LogP contribution in [0.1, 0.15) is 23.6 Å². The third-order valence-electron chi connectivity index (χ3n) is 3.17. The number of halogens is 1. The van der Waals surface area contributed by atoms with Crippen LogP contribution in [0.3, 0.4) is 0 Å². The van der Waals surface area contributed by atoms with Gasteiger partial charge in [0.15, 0.2) is 0 Å². The second-order valence-electron chi connectivity index (χ2n) is 5.29. The van der Waals surface area contributed by atoms with E-state index in [0.717, 1.165) is 23.3 Å². The molecule has 1 unspecified atom stereocenters. The Labute approximate surface area is 119 Å². The minimum absolute atomic E-state index is 0.110. The second-order valence-corrected chi connectivity index (χ2v) is 5.29. The molecule has 20 heavy (non-hydrogen) atoms. The standard InChI is InChI=1S/C17H20FNO/c1-11-4-5-14(9-13(3)19)10-17(11)20-15-6-7-16(18)12(2)8-15/h4-8,10,13H,9,19H2,1-3H3. The van der Waals surface area contributed by atoms with E-state index in [0.29, 0.717) is 11.3 Å². The third-order valence-corrected chi connectivity index (χ3v) is 3.17. The Balaban J connectivity index is 2.25. The van der Waals surface area contributed by atoms with Crippen molar-refractivity contribution >= 4 is 0 Å². The van der Waals surface area contributed by atoms with Crippen LogP contribution >= 0.6 is 0 Å². The summed E-state index contributed by atoms with van der Waals surface area (Å²) in [5.74, 6) is 1.21. The predicted octanol–water partition coefficient (Wildman–Crippen LogP) is 4.12. The summed E-state index contributed by atoms with van der Waals surface area (Å²) in [6, 6.07) is 10.9. The lowest BCUT2D eigenvalue weighted by molar-refractivity contribution is 0.475. The predicted molar refractivity (Wildman–Crippen MR) is 79.7 cm³/mol. The molecule has 3 heteroatoms. The summed E-state index contributed by atoms with van der Waals surface area (Å²) in [6.45, 7) is 5.69. The average molecular weight is 273 g/mol. The van der Waals surface area contributed by atoms with Crippen LogP contribution in [-0.2, 0) is 6.42 Å². The Morgan fingerprint density at radius 2 is 1.85 bits per heavy atom. The zero-order valence-electron chi connectivity index (χ0n) is 12.1. The maximum absolute atomic E-state index is 13.3. The molecule has 2 aromatic rings. The maximum atomic E-state index is 13.3. The van der Waals surface area contributed by atoms with Gasteiger partial charge in [0.2, 0.25) is 0 Å². The average Bonchev–Trinajstić information content (AvgIpc) is 2.37. The van der Waals surface area contributed by atoms with Gasteiger partial charge in [0.25, 0.3) is 0 Å². The van der Waals surface area contributed by atoms with Crippen LogP contribution in [0.15, 0.2) is 36.4 Å². The molecule has 0 fully saturated rings. The molecule has 0 heterocycles. The largest absolute Gasteiger partial charge is 0.457 e. The van der Waals surface area contributed by atoms with Gasteiger partial charge in [-0.2, -0.15) is 0 Å². The summed E-state index contributed by atoms with van der Waals surface area (Å²) in [5, 5.41) is 0. The van der Waals surface area contributed by atoms with E-state index in [2.05, 4.69) is 6.07 Å². The zero-order valence-corrected chi connectivity index (χ0v) is 12.1. The molecule has 0 aliphatic carbocycles. The highest BCUT2D eigenvalue weighted by molar-refractivity contribution is 5.41. The van der Waals surface area contributed by atoms with Gasteiger partial charge in [-0.25, -0.2) is 4.39 Å². The van der Waals surface area contributed by atoms with E-state index >= 15 is 0 Å². The molecular formula is C17H20FNO. The number of hydrogen-bond acceptors (Lipinski definition) is 2. The number of rotatable bonds is 4. The Bertz CT molecular complexity index is 608. The van der Waals surface area contributed by atoms with Crippen LogP contribution < -0.4 is 10.5 Å². The molecule has 0 saturated heterocycles. The van der Waals surface area contributed by atoms with Crippen LogP contribution in [0.4, 0.5) is 4.39 Å². The molecule has 0 spiro atoms. The van der Waals surface area contributed by atoms with Crippen LogP contribution in [0, 0.1) is 19.7 Å². The quantitative estimate of drug-likeness (QED) is 0.909. The summed E-state index contributed by atoms with van der Waals surface area (Å²) in [6.07, 6.45) is 0.805. The van der Waals surface area contributed by atoms with E-state index in [1.807, 2.05) is 26.0 Å². The number of ether oxygens (including phenoxy) is 1. The van der Waals surface area contributed by atoms with Crippen LogP contribution in [0.5, 0.6) is 11.5 Å². The minimum atomic E-state index is -0.222. The second kappa shape index (κ2) is 6.06. The first kappa shape index (κ1) is 14.5. The van der Waals surface area contributed by atoms with Gasteiger partial charge in [-0.15, -0.1) is 0 Å². The highest BCUT2D eigenvalue weighted by Gasteiger charge is 2.06. The van der Waals surface area contributed by atoms with Crippen LogP contribution in [-0.4, -0.2) is 6.04 Å². The molecule has 106 valence electrons. The van der Waals surface area contributed by atoms with Gasteiger partial charge in [0, 0.05) is 6.04 Å². The van der Waals surface area contributed by atoms with Gasteiger partial charge in [-0.3, -0.25) is 0 Å². The number of aryl methyl sites for hydroxylation is 2. The fourth-order valence-corrected chi connectivity index (χ4v) is 2.06. The first-order valence-corrected chi connectivity index (χ1v) is 6.75. The Morgan fingerprint density at radius 1 is 1.10 bits per heavy atom. The molecule has 2 N–H and O–H groups in total. The molecular weight excluding hydrogens is 253 g/mol. The highest BCUT2D eigenvalue weighted by atomic mass is 19.1. The van der Waals surface area contributed by atoms with E-state index in [-0.39, 0.29) is 11.9 Å². The summed E-state index contributed by atoms with van der Waals surface area (Å²) < 4.78 is 19.1. The normalized spacial score (nSPS) is 12.2. The van der Waals surface area contributed by atoms with Gasteiger partial charge in [-0.05, 0) is 68.1 Å². The van der Waals surface area contributed by atoms with Crippen LogP contribution in [0.2, 0.25) is 0 Å².